The topological polar surface area (TPSA) is 15.3 Å². The minimum atomic E-state index is 0.975. The highest BCUT2D eigenvalue weighted by atomic mass is 32.1. The van der Waals surface area contributed by atoms with Gasteiger partial charge in [0, 0.05) is 36.7 Å². The van der Waals surface area contributed by atoms with Crippen molar-refractivity contribution in [2.24, 2.45) is 0 Å². The third-order valence-electron chi connectivity index (χ3n) is 3.19. The van der Waals surface area contributed by atoms with Crippen LogP contribution in [0.5, 0.6) is 0 Å². The smallest absolute Gasteiger partial charge is 0.0369 e. The molecule has 0 saturated carbocycles. The first-order valence-electron chi connectivity index (χ1n) is 6.84. The Morgan fingerprint density at radius 3 is 2.79 bits per heavy atom. The summed E-state index contributed by atoms with van der Waals surface area (Å²) < 4.78 is 0. The average Bonchev–Trinajstić information content (AvgIpc) is 2.92. The molecule has 2 rings (SSSR count). The molecule has 102 valence electrons. The zero-order chi connectivity index (χ0) is 13.5. The molecular weight excluding hydrogens is 252 g/mol. The summed E-state index contributed by atoms with van der Waals surface area (Å²) in [7, 11) is 0. The largest absolute Gasteiger partial charge is 0.371 e. The molecular formula is C16H22N2S. The third kappa shape index (κ3) is 4.37. The van der Waals surface area contributed by atoms with Crippen molar-refractivity contribution in [2.75, 3.05) is 24.5 Å². The quantitative estimate of drug-likeness (QED) is 0.775. The van der Waals surface area contributed by atoms with Crippen molar-refractivity contribution in [3.05, 3.63) is 52.2 Å². The molecule has 0 aliphatic heterocycles. The lowest BCUT2D eigenvalue weighted by Gasteiger charge is -2.23. The van der Waals surface area contributed by atoms with Crippen LogP contribution in [0.15, 0.2) is 41.8 Å². The summed E-state index contributed by atoms with van der Waals surface area (Å²) in [6.07, 6.45) is 0. The van der Waals surface area contributed by atoms with Gasteiger partial charge >= 0.3 is 0 Å². The van der Waals surface area contributed by atoms with E-state index < -0.39 is 0 Å². The predicted octanol–water partition coefficient (Wildman–Crippen LogP) is 3.67. The van der Waals surface area contributed by atoms with Gasteiger partial charge in [-0.05, 0) is 43.0 Å². The second-order valence-corrected chi connectivity index (χ2v) is 5.71. The number of nitrogens with one attached hydrogen (secondary N) is 1. The van der Waals surface area contributed by atoms with Crippen molar-refractivity contribution in [3.8, 4) is 0 Å². The lowest BCUT2D eigenvalue weighted by Crippen LogP contribution is -2.31. The highest BCUT2D eigenvalue weighted by molar-refractivity contribution is 7.09. The minimum absolute atomic E-state index is 0.975. The van der Waals surface area contributed by atoms with Gasteiger partial charge in [0.1, 0.15) is 0 Å². The Bertz CT molecular complexity index is 479. The Labute approximate surface area is 120 Å². The number of hydrogen-bond acceptors (Lipinski definition) is 3. The zero-order valence-corrected chi connectivity index (χ0v) is 12.5. The van der Waals surface area contributed by atoms with Gasteiger partial charge in [-0.2, -0.15) is 0 Å². The van der Waals surface area contributed by atoms with E-state index in [9.17, 15) is 0 Å². The number of likely N-dealkylation sites (N-methyl/N-ethyl adjacent to an activating group) is 1. The van der Waals surface area contributed by atoms with Gasteiger partial charge < -0.3 is 10.2 Å². The molecule has 1 N–H and O–H groups in total. The van der Waals surface area contributed by atoms with Crippen LogP contribution in [0.4, 0.5) is 5.69 Å². The van der Waals surface area contributed by atoms with Crippen LogP contribution in [-0.4, -0.2) is 19.6 Å². The fraction of sp³-hybridized carbons (Fsp3) is 0.375. The summed E-state index contributed by atoms with van der Waals surface area (Å²) in [4.78, 5) is 3.81. The van der Waals surface area contributed by atoms with E-state index >= 15 is 0 Å². The van der Waals surface area contributed by atoms with Crippen molar-refractivity contribution in [3.63, 3.8) is 0 Å². The summed E-state index contributed by atoms with van der Waals surface area (Å²) in [5, 5.41) is 5.63. The molecule has 0 aliphatic rings. The molecule has 0 atom stereocenters. The molecule has 3 heteroatoms. The molecule has 0 fully saturated rings. The Morgan fingerprint density at radius 1 is 1.21 bits per heavy atom. The van der Waals surface area contributed by atoms with E-state index in [0.717, 1.165) is 26.2 Å². The number of benzene rings is 1. The van der Waals surface area contributed by atoms with Crippen LogP contribution in [-0.2, 0) is 6.54 Å². The molecule has 0 radical (unpaired) electrons. The summed E-state index contributed by atoms with van der Waals surface area (Å²) in [5.41, 5.74) is 2.64. The molecule has 1 aromatic heterocycles. The van der Waals surface area contributed by atoms with E-state index in [4.69, 9.17) is 0 Å². The number of anilines is 1. The normalized spacial score (nSPS) is 10.6. The molecule has 19 heavy (non-hydrogen) atoms. The number of aryl methyl sites for hydroxylation is 1. The Balaban J connectivity index is 1.79. The van der Waals surface area contributed by atoms with Crippen molar-refractivity contribution >= 4 is 17.0 Å². The fourth-order valence-electron chi connectivity index (χ4n) is 2.13. The van der Waals surface area contributed by atoms with Crippen LogP contribution >= 0.6 is 11.3 Å². The van der Waals surface area contributed by atoms with E-state index in [2.05, 4.69) is 65.8 Å². The Hall–Kier alpha value is -1.32. The number of nitrogens with zero attached hydrogens (tertiary/aromatic N) is 1. The second-order valence-electron chi connectivity index (χ2n) is 4.67. The molecule has 2 aromatic rings. The first kappa shape index (κ1) is 14.1. The summed E-state index contributed by atoms with van der Waals surface area (Å²) in [5.74, 6) is 0. The average molecular weight is 274 g/mol. The standard InChI is InChI=1S/C16H22N2S/c1-3-18(15-7-4-6-14(2)12-15)10-9-17-13-16-8-5-11-19-16/h4-8,11-12,17H,3,9-10,13H2,1-2H3. The molecule has 0 aliphatic carbocycles. The first-order valence-corrected chi connectivity index (χ1v) is 7.72. The van der Waals surface area contributed by atoms with E-state index in [-0.39, 0.29) is 0 Å². The van der Waals surface area contributed by atoms with Crippen LogP contribution in [0.1, 0.15) is 17.4 Å². The van der Waals surface area contributed by atoms with Crippen molar-refractivity contribution in [2.45, 2.75) is 20.4 Å². The molecule has 2 nitrogen and oxygen atoms in total. The first-order chi connectivity index (χ1) is 9.29. The molecule has 1 heterocycles. The van der Waals surface area contributed by atoms with Gasteiger partial charge in [0.2, 0.25) is 0 Å². The summed E-state index contributed by atoms with van der Waals surface area (Å²) >= 11 is 1.81. The molecule has 0 bridgehead atoms. The van der Waals surface area contributed by atoms with Gasteiger partial charge in [-0.3, -0.25) is 0 Å². The zero-order valence-electron chi connectivity index (χ0n) is 11.7. The summed E-state index contributed by atoms with van der Waals surface area (Å²) in [6.45, 7) is 8.44. The van der Waals surface area contributed by atoms with E-state index in [1.807, 2.05) is 11.3 Å². The maximum absolute atomic E-state index is 3.51. The van der Waals surface area contributed by atoms with Gasteiger partial charge in [-0.25, -0.2) is 0 Å². The van der Waals surface area contributed by atoms with Crippen LogP contribution in [0.2, 0.25) is 0 Å². The maximum atomic E-state index is 3.51. The van der Waals surface area contributed by atoms with Gasteiger partial charge in [0.25, 0.3) is 0 Å². The Kier molecular flexibility index (Phi) is 5.43. The lowest BCUT2D eigenvalue weighted by molar-refractivity contribution is 0.670. The molecule has 0 spiro atoms. The molecule has 0 saturated heterocycles. The lowest BCUT2D eigenvalue weighted by atomic mass is 10.2. The highest BCUT2D eigenvalue weighted by Crippen LogP contribution is 2.15. The third-order valence-corrected chi connectivity index (χ3v) is 4.06. The molecule has 0 amide bonds. The highest BCUT2D eigenvalue weighted by Gasteiger charge is 2.03. The maximum Gasteiger partial charge on any atom is 0.0369 e. The monoisotopic (exact) mass is 274 g/mol. The van der Waals surface area contributed by atoms with Crippen LogP contribution in [0.25, 0.3) is 0 Å². The van der Waals surface area contributed by atoms with E-state index in [1.54, 1.807) is 0 Å². The predicted molar refractivity (Wildman–Crippen MR) is 85.1 cm³/mol. The SMILES string of the molecule is CCN(CCNCc1cccs1)c1cccc(C)c1. The van der Waals surface area contributed by atoms with Gasteiger partial charge in [-0.1, -0.05) is 18.2 Å². The number of rotatable bonds is 7. The number of thiophene rings is 1. The minimum Gasteiger partial charge on any atom is -0.371 e. The number of hydrogen-bond donors (Lipinski definition) is 1. The van der Waals surface area contributed by atoms with Crippen molar-refractivity contribution in [1.29, 1.82) is 0 Å². The second kappa shape index (κ2) is 7.31. The van der Waals surface area contributed by atoms with Gasteiger partial charge in [-0.15, -0.1) is 11.3 Å². The van der Waals surface area contributed by atoms with Crippen LogP contribution < -0.4 is 10.2 Å². The molecule has 1 aromatic carbocycles. The van der Waals surface area contributed by atoms with Gasteiger partial charge in [0.15, 0.2) is 0 Å². The van der Waals surface area contributed by atoms with E-state index in [1.165, 1.54) is 16.1 Å². The molecule has 0 unspecified atom stereocenters. The Morgan fingerprint density at radius 2 is 2.11 bits per heavy atom. The van der Waals surface area contributed by atoms with Crippen molar-refractivity contribution in [1.82, 2.24) is 5.32 Å². The van der Waals surface area contributed by atoms with E-state index in [0.29, 0.717) is 0 Å². The fourth-order valence-corrected chi connectivity index (χ4v) is 2.81. The van der Waals surface area contributed by atoms with Gasteiger partial charge in [0.05, 0.1) is 0 Å². The van der Waals surface area contributed by atoms with Crippen molar-refractivity contribution < 1.29 is 0 Å². The van der Waals surface area contributed by atoms with Crippen LogP contribution in [0.3, 0.4) is 0 Å². The van der Waals surface area contributed by atoms with Crippen LogP contribution in [0, 0.1) is 6.92 Å². The summed E-state index contributed by atoms with van der Waals surface area (Å²) in [6, 6.07) is 13.0.